The molecule has 162 valence electrons. The van der Waals surface area contributed by atoms with Crippen LogP contribution in [0.25, 0.3) is 10.2 Å². The molecule has 0 radical (unpaired) electrons. The van der Waals surface area contributed by atoms with E-state index in [-0.39, 0.29) is 5.91 Å². The number of hydrogen-bond donors (Lipinski definition) is 0. The summed E-state index contributed by atoms with van der Waals surface area (Å²) >= 11 is 7.98. The number of rotatable bonds is 4. The van der Waals surface area contributed by atoms with Gasteiger partial charge in [0.05, 0.1) is 15.2 Å². The van der Waals surface area contributed by atoms with Gasteiger partial charge in [-0.3, -0.25) is 4.79 Å². The Morgan fingerprint density at radius 2 is 1.72 bits per heavy atom. The second kappa shape index (κ2) is 8.81. The number of hydrogen-bond acceptors (Lipinski definition) is 5. The molecule has 5 nitrogen and oxygen atoms in total. The summed E-state index contributed by atoms with van der Waals surface area (Å²) in [4.78, 5) is 22.0. The monoisotopic (exact) mass is 463 g/mol. The molecule has 1 fully saturated rings. The van der Waals surface area contributed by atoms with Gasteiger partial charge in [-0.25, -0.2) is 4.98 Å². The lowest BCUT2D eigenvalue weighted by molar-refractivity contribution is 0.0746. The summed E-state index contributed by atoms with van der Waals surface area (Å²) in [5.41, 5.74) is 2.72. The first-order valence-electron chi connectivity index (χ1n) is 10.5. The molecular weight excluding hydrogens is 442 g/mol. The quantitative estimate of drug-likeness (QED) is 0.371. The first-order valence-corrected chi connectivity index (χ1v) is 11.7. The molecule has 0 atom stereocenters. The summed E-state index contributed by atoms with van der Waals surface area (Å²) in [6.45, 7) is 4.82. The molecule has 7 heteroatoms. The van der Waals surface area contributed by atoms with Gasteiger partial charge in [-0.15, -0.1) is 0 Å². The van der Waals surface area contributed by atoms with E-state index in [1.165, 1.54) is 0 Å². The third kappa shape index (κ3) is 4.16. The number of carbonyl (C=O) groups excluding carboxylic acids is 1. The van der Waals surface area contributed by atoms with Crippen LogP contribution in [0.4, 0.5) is 5.13 Å². The van der Waals surface area contributed by atoms with Crippen molar-refractivity contribution in [2.45, 2.75) is 6.92 Å². The zero-order valence-electron chi connectivity index (χ0n) is 17.6. The van der Waals surface area contributed by atoms with Crippen molar-refractivity contribution in [1.29, 1.82) is 0 Å². The molecule has 0 N–H and O–H groups in total. The maximum absolute atomic E-state index is 13.1. The maximum Gasteiger partial charge on any atom is 0.254 e. The summed E-state index contributed by atoms with van der Waals surface area (Å²) in [7, 11) is 0. The van der Waals surface area contributed by atoms with Crippen LogP contribution >= 0.6 is 22.9 Å². The number of nitrogens with zero attached hydrogens (tertiary/aromatic N) is 3. The minimum Gasteiger partial charge on any atom is -0.457 e. The predicted molar refractivity (Wildman–Crippen MR) is 130 cm³/mol. The van der Waals surface area contributed by atoms with E-state index < -0.39 is 0 Å². The molecule has 4 aromatic rings. The Bertz CT molecular complexity index is 1230. The Labute approximate surface area is 195 Å². The van der Waals surface area contributed by atoms with E-state index in [1.54, 1.807) is 17.4 Å². The largest absolute Gasteiger partial charge is 0.457 e. The minimum absolute atomic E-state index is 0.0198. The van der Waals surface area contributed by atoms with Crippen LogP contribution in [-0.2, 0) is 0 Å². The van der Waals surface area contributed by atoms with Crippen LogP contribution in [0, 0.1) is 6.92 Å². The van der Waals surface area contributed by atoms with Crippen molar-refractivity contribution in [3.05, 3.63) is 82.9 Å². The predicted octanol–water partition coefficient (Wildman–Crippen LogP) is 6.01. The molecule has 0 unspecified atom stereocenters. The molecule has 0 spiro atoms. The Hall–Kier alpha value is -3.09. The molecule has 1 aliphatic heterocycles. The van der Waals surface area contributed by atoms with E-state index in [0.717, 1.165) is 44.8 Å². The molecule has 1 aliphatic rings. The number of amides is 1. The van der Waals surface area contributed by atoms with E-state index in [4.69, 9.17) is 21.3 Å². The first kappa shape index (κ1) is 20.8. The lowest BCUT2D eigenvalue weighted by atomic mass is 10.1. The van der Waals surface area contributed by atoms with Crippen LogP contribution in [0.3, 0.4) is 0 Å². The topological polar surface area (TPSA) is 45.7 Å². The summed E-state index contributed by atoms with van der Waals surface area (Å²) in [5.74, 6) is 1.42. The lowest BCUT2D eigenvalue weighted by Crippen LogP contribution is -2.48. The van der Waals surface area contributed by atoms with Gasteiger partial charge in [-0.2, -0.15) is 0 Å². The number of para-hydroxylation sites is 1. The van der Waals surface area contributed by atoms with E-state index in [0.29, 0.717) is 24.4 Å². The first-order chi connectivity index (χ1) is 15.6. The molecule has 0 saturated carbocycles. The van der Waals surface area contributed by atoms with Gasteiger partial charge >= 0.3 is 0 Å². The Balaban J connectivity index is 1.26. The van der Waals surface area contributed by atoms with Crippen LogP contribution in [-0.4, -0.2) is 42.0 Å². The van der Waals surface area contributed by atoms with Gasteiger partial charge in [-0.1, -0.05) is 53.3 Å². The number of benzene rings is 3. The van der Waals surface area contributed by atoms with Gasteiger partial charge in [0.15, 0.2) is 5.13 Å². The van der Waals surface area contributed by atoms with Crippen molar-refractivity contribution in [2.75, 3.05) is 31.1 Å². The van der Waals surface area contributed by atoms with Gasteiger partial charge in [0.25, 0.3) is 5.91 Å². The fourth-order valence-electron chi connectivity index (χ4n) is 3.83. The molecule has 32 heavy (non-hydrogen) atoms. The number of halogens is 1. The van der Waals surface area contributed by atoms with Crippen molar-refractivity contribution in [2.24, 2.45) is 0 Å². The van der Waals surface area contributed by atoms with Crippen molar-refractivity contribution >= 4 is 44.2 Å². The number of fused-ring (bicyclic) bond motifs is 1. The zero-order valence-corrected chi connectivity index (χ0v) is 19.2. The van der Waals surface area contributed by atoms with Crippen molar-refractivity contribution < 1.29 is 9.53 Å². The van der Waals surface area contributed by atoms with Gasteiger partial charge in [-0.05, 0) is 48.9 Å². The molecule has 1 amide bonds. The number of thiazole rings is 1. The normalized spacial score (nSPS) is 14.1. The summed E-state index contributed by atoms with van der Waals surface area (Å²) in [5, 5.41) is 1.70. The highest BCUT2D eigenvalue weighted by Gasteiger charge is 2.24. The third-order valence-corrected chi connectivity index (χ3v) is 7.16. The number of anilines is 1. The highest BCUT2D eigenvalue weighted by molar-refractivity contribution is 7.22. The number of carbonyl (C=O) groups is 1. The molecule has 5 rings (SSSR count). The van der Waals surface area contributed by atoms with Crippen LogP contribution in [0.1, 0.15) is 15.9 Å². The molecule has 0 bridgehead atoms. The molecule has 0 aliphatic carbocycles. The average molecular weight is 464 g/mol. The van der Waals surface area contributed by atoms with Crippen molar-refractivity contribution in [3.63, 3.8) is 0 Å². The second-order valence-electron chi connectivity index (χ2n) is 7.76. The van der Waals surface area contributed by atoms with Gasteiger partial charge in [0.2, 0.25) is 0 Å². The fraction of sp³-hybridized carbons (Fsp3) is 0.200. The number of piperazine rings is 1. The Morgan fingerprint density at radius 1 is 0.969 bits per heavy atom. The third-order valence-electron chi connectivity index (χ3n) is 5.58. The number of ether oxygens (including phenoxy) is 1. The van der Waals surface area contributed by atoms with E-state index in [1.807, 2.05) is 72.5 Å². The maximum atomic E-state index is 13.1. The van der Waals surface area contributed by atoms with E-state index in [9.17, 15) is 4.79 Å². The molecule has 1 aromatic heterocycles. The highest BCUT2D eigenvalue weighted by atomic mass is 35.5. The number of aryl methyl sites for hydroxylation is 1. The lowest BCUT2D eigenvalue weighted by Gasteiger charge is -2.34. The second-order valence-corrected chi connectivity index (χ2v) is 9.15. The minimum atomic E-state index is 0.0198. The van der Waals surface area contributed by atoms with Crippen LogP contribution in [0.5, 0.6) is 11.5 Å². The summed E-state index contributed by atoms with van der Waals surface area (Å²) in [6, 6.07) is 20.9. The summed E-state index contributed by atoms with van der Waals surface area (Å²) < 4.78 is 6.91. The molecule has 1 saturated heterocycles. The standard InChI is InChI=1S/C25H22ClN3O2S/c1-17-10-11-21(26)23-22(17)27-25(32-23)29-14-12-28(13-15-29)24(30)18-6-5-9-20(16-18)31-19-7-3-2-4-8-19/h2-11,16H,12-15H2,1H3. The van der Waals surface area contributed by atoms with E-state index in [2.05, 4.69) is 4.90 Å². The van der Waals surface area contributed by atoms with E-state index >= 15 is 0 Å². The van der Waals surface area contributed by atoms with Crippen molar-refractivity contribution in [1.82, 2.24) is 9.88 Å². The van der Waals surface area contributed by atoms with Gasteiger partial charge in [0, 0.05) is 31.7 Å². The van der Waals surface area contributed by atoms with Crippen LogP contribution in [0.15, 0.2) is 66.7 Å². The molecular formula is C25H22ClN3O2S. The Kier molecular flexibility index (Phi) is 5.72. The van der Waals surface area contributed by atoms with Crippen molar-refractivity contribution in [3.8, 4) is 11.5 Å². The van der Waals surface area contributed by atoms with Crippen LogP contribution in [0.2, 0.25) is 5.02 Å². The van der Waals surface area contributed by atoms with Gasteiger partial charge in [0.1, 0.15) is 11.5 Å². The summed E-state index contributed by atoms with van der Waals surface area (Å²) in [6.07, 6.45) is 0. The smallest absolute Gasteiger partial charge is 0.254 e. The van der Waals surface area contributed by atoms with Crippen LogP contribution < -0.4 is 9.64 Å². The highest BCUT2D eigenvalue weighted by Crippen LogP contribution is 2.36. The number of aromatic nitrogens is 1. The fourth-order valence-corrected chi connectivity index (χ4v) is 5.19. The zero-order chi connectivity index (χ0) is 22.1. The molecule has 2 heterocycles. The SMILES string of the molecule is Cc1ccc(Cl)c2sc(N3CCN(C(=O)c4cccc(Oc5ccccc5)c4)CC3)nc12. The Morgan fingerprint density at radius 3 is 2.47 bits per heavy atom. The van der Waals surface area contributed by atoms with Gasteiger partial charge < -0.3 is 14.5 Å². The average Bonchev–Trinajstić information content (AvgIpc) is 3.29. The molecule has 3 aromatic carbocycles.